The molecule has 0 aromatic carbocycles. The van der Waals surface area contributed by atoms with Gasteiger partial charge in [0.2, 0.25) is 0 Å². The lowest BCUT2D eigenvalue weighted by Gasteiger charge is -2.22. The highest BCUT2D eigenvalue weighted by molar-refractivity contribution is 5.70. The third kappa shape index (κ3) is 6.39. The Morgan fingerprint density at radius 3 is 2.58 bits per heavy atom. The van der Waals surface area contributed by atoms with Crippen LogP contribution in [-0.2, 0) is 9.53 Å². The predicted molar refractivity (Wildman–Crippen MR) is 75.6 cm³/mol. The van der Waals surface area contributed by atoms with Crippen molar-refractivity contribution in [2.75, 3.05) is 6.54 Å². The van der Waals surface area contributed by atoms with Gasteiger partial charge in [-0.05, 0) is 58.3 Å². The van der Waals surface area contributed by atoms with Gasteiger partial charge in [0.15, 0.2) is 0 Å². The van der Waals surface area contributed by atoms with Crippen LogP contribution in [-0.4, -0.2) is 29.3 Å². The maximum Gasteiger partial charge on any atom is 0.306 e. The number of esters is 1. The van der Waals surface area contributed by atoms with Gasteiger partial charge in [0, 0.05) is 13.0 Å². The van der Waals surface area contributed by atoms with E-state index in [0.717, 1.165) is 32.1 Å². The van der Waals surface area contributed by atoms with Crippen molar-refractivity contribution in [3.8, 4) is 0 Å². The van der Waals surface area contributed by atoms with Gasteiger partial charge in [0.25, 0.3) is 0 Å². The number of aliphatic hydroxyl groups is 1. The van der Waals surface area contributed by atoms with Gasteiger partial charge in [-0.1, -0.05) is 6.42 Å². The molecule has 19 heavy (non-hydrogen) atoms. The van der Waals surface area contributed by atoms with Crippen LogP contribution < -0.4 is 5.73 Å². The highest BCUT2D eigenvalue weighted by Gasteiger charge is 2.26. The monoisotopic (exact) mass is 271 g/mol. The summed E-state index contributed by atoms with van der Waals surface area (Å²) < 4.78 is 5.37. The van der Waals surface area contributed by atoms with E-state index in [2.05, 4.69) is 0 Å². The summed E-state index contributed by atoms with van der Waals surface area (Å²) in [5, 5.41) is 9.81. The molecule has 1 saturated carbocycles. The number of hydrogen-bond donors (Lipinski definition) is 2. The normalized spacial score (nSPS) is 26.6. The number of hydrogen-bond acceptors (Lipinski definition) is 4. The molecule has 0 aromatic heterocycles. The summed E-state index contributed by atoms with van der Waals surface area (Å²) in [5.41, 5.74) is 5.11. The minimum atomic E-state index is -0.403. The van der Waals surface area contributed by atoms with Crippen LogP contribution in [0, 0.1) is 11.8 Å². The van der Waals surface area contributed by atoms with Crippen molar-refractivity contribution in [2.24, 2.45) is 17.6 Å². The number of nitrogens with two attached hydrogens (primary N) is 1. The van der Waals surface area contributed by atoms with Crippen molar-refractivity contribution >= 4 is 5.97 Å². The number of carbonyl (C=O) groups is 1. The van der Waals surface area contributed by atoms with Crippen LogP contribution in [0.1, 0.15) is 59.3 Å². The lowest BCUT2D eigenvalue weighted by molar-refractivity contribution is -0.156. The van der Waals surface area contributed by atoms with Crippen LogP contribution in [0.3, 0.4) is 0 Å². The Labute approximate surface area is 116 Å². The molecule has 0 amide bonds. The van der Waals surface area contributed by atoms with Gasteiger partial charge < -0.3 is 15.6 Å². The van der Waals surface area contributed by atoms with E-state index >= 15 is 0 Å². The average molecular weight is 271 g/mol. The minimum Gasteiger partial charge on any atom is -0.460 e. The van der Waals surface area contributed by atoms with Crippen molar-refractivity contribution < 1.29 is 14.6 Å². The highest BCUT2D eigenvalue weighted by Crippen LogP contribution is 2.31. The van der Waals surface area contributed by atoms with Crippen LogP contribution in [0.25, 0.3) is 0 Å². The molecule has 0 aliphatic heterocycles. The largest absolute Gasteiger partial charge is 0.460 e. The lowest BCUT2D eigenvalue weighted by atomic mass is 9.92. The second-order valence-corrected chi connectivity index (χ2v) is 6.73. The molecule has 112 valence electrons. The second-order valence-electron chi connectivity index (χ2n) is 6.73. The molecule has 1 rings (SSSR count). The molecule has 3 N–H and O–H groups in total. The van der Waals surface area contributed by atoms with E-state index in [-0.39, 0.29) is 12.1 Å². The first kappa shape index (κ1) is 16.4. The molecule has 1 aliphatic carbocycles. The Kier molecular flexibility index (Phi) is 6.27. The topological polar surface area (TPSA) is 72.5 Å². The van der Waals surface area contributed by atoms with Crippen LogP contribution in [0.2, 0.25) is 0 Å². The molecule has 0 saturated heterocycles. The molecule has 0 bridgehead atoms. The highest BCUT2D eigenvalue weighted by atomic mass is 16.6. The molecule has 0 heterocycles. The van der Waals surface area contributed by atoms with Gasteiger partial charge in [0.1, 0.15) is 5.60 Å². The van der Waals surface area contributed by atoms with E-state index in [4.69, 9.17) is 10.5 Å². The number of aliphatic hydroxyl groups excluding tert-OH is 1. The second kappa shape index (κ2) is 7.25. The first-order valence-electron chi connectivity index (χ1n) is 7.42. The van der Waals surface area contributed by atoms with Crippen LogP contribution in [0.15, 0.2) is 0 Å². The first-order chi connectivity index (χ1) is 8.81. The van der Waals surface area contributed by atoms with Gasteiger partial charge >= 0.3 is 5.97 Å². The van der Waals surface area contributed by atoms with Crippen molar-refractivity contribution in [1.82, 2.24) is 0 Å². The predicted octanol–water partition coefficient (Wildman–Crippen LogP) is 2.23. The third-order valence-electron chi connectivity index (χ3n) is 3.79. The summed E-state index contributed by atoms with van der Waals surface area (Å²) in [6.45, 7) is 6.02. The van der Waals surface area contributed by atoms with E-state index in [0.29, 0.717) is 24.8 Å². The van der Waals surface area contributed by atoms with E-state index in [9.17, 15) is 9.90 Å². The summed E-state index contributed by atoms with van der Waals surface area (Å²) in [7, 11) is 0. The van der Waals surface area contributed by atoms with Gasteiger partial charge in [-0.15, -0.1) is 0 Å². The van der Waals surface area contributed by atoms with Crippen molar-refractivity contribution in [3.63, 3.8) is 0 Å². The fraction of sp³-hybridized carbons (Fsp3) is 0.933. The quantitative estimate of drug-likeness (QED) is 0.607. The molecule has 3 unspecified atom stereocenters. The summed E-state index contributed by atoms with van der Waals surface area (Å²) in [4.78, 5) is 11.8. The van der Waals surface area contributed by atoms with Gasteiger partial charge in [-0.25, -0.2) is 0 Å². The van der Waals surface area contributed by atoms with Crippen LogP contribution in [0.5, 0.6) is 0 Å². The van der Waals surface area contributed by atoms with Crippen LogP contribution in [0.4, 0.5) is 0 Å². The standard InChI is InChI=1S/C15H29NO3/c1-15(2,3)19-14(18)9-11-5-4-6-12(8-7-11)13(17)10-16/h11-13,17H,4-10,16H2,1-3H3. The molecular weight excluding hydrogens is 242 g/mol. The number of ether oxygens (including phenoxy) is 1. The summed E-state index contributed by atoms with van der Waals surface area (Å²) in [6, 6.07) is 0. The average Bonchev–Trinajstić information content (AvgIpc) is 2.51. The zero-order valence-corrected chi connectivity index (χ0v) is 12.5. The maximum atomic E-state index is 11.8. The molecule has 0 radical (unpaired) electrons. The molecule has 0 aromatic rings. The van der Waals surface area contributed by atoms with Gasteiger partial charge in [0.05, 0.1) is 6.10 Å². The summed E-state index contributed by atoms with van der Waals surface area (Å²) in [6.07, 6.45) is 5.20. The number of carbonyl (C=O) groups excluding carboxylic acids is 1. The minimum absolute atomic E-state index is 0.102. The fourth-order valence-electron chi connectivity index (χ4n) is 2.81. The Morgan fingerprint density at radius 1 is 1.32 bits per heavy atom. The first-order valence-corrected chi connectivity index (χ1v) is 7.42. The molecule has 3 atom stereocenters. The molecule has 1 fully saturated rings. The maximum absolute atomic E-state index is 11.8. The molecular formula is C15H29NO3. The van der Waals surface area contributed by atoms with Crippen molar-refractivity contribution in [3.05, 3.63) is 0 Å². The third-order valence-corrected chi connectivity index (χ3v) is 3.79. The van der Waals surface area contributed by atoms with Crippen molar-refractivity contribution in [2.45, 2.75) is 71.0 Å². The molecule has 1 aliphatic rings. The molecule has 4 nitrogen and oxygen atoms in total. The van der Waals surface area contributed by atoms with E-state index in [1.165, 1.54) is 0 Å². The Balaban J connectivity index is 2.39. The fourth-order valence-corrected chi connectivity index (χ4v) is 2.81. The zero-order valence-electron chi connectivity index (χ0n) is 12.5. The van der Waals surface area contributed by atoms with E-state index < -0.39 is 5.60 Å². The van der Waals surface area contributed by atoms with Crippen molar-refractivity contribution in [1.29, 1.82) is 0 Å². The lowest BCUT2D eigenvalue weighted by Crippen LogP contribution is -2.28. The van der Waals surface area contributed by atoms with Crippen LogP contribution >= 0.6 is 0 Å². The Hall–Kier alpha value is -0.610. The Morgan fingerprint density at radius 2 is 2.00 bits per heavy atom. The van der Waals surface area contributed by atoms with Gasteiger partial charge in [-0.2, -0.15) is 0 Å². The molecule has 0 spiro atoms. The summed E-state index contributed by atoms with van der Waals surface area (Å²) in [5.74, 6) is 0.591. The Bertz CT molecular complexity index is 286. The smallest absolute Gasteiger partial charge is 0.306 e. The van der Waals surface area contributed by atoms with E-state index in [1.54, 1.807) is 0 Å². The number of rotatable bonds is 4. The zero-order chi connectivity index (χ0) is 14.5. The van der Waals surface area contributed by atoms with E-state index in [1.807, 2.05) is 20.8 Å². The SMILES string of the molecule is CC(C)(C)OC(=O)CC1CCCC(C(O)CN)CC1. The molecule has 4 heteroatoms. The summed E-state index contributed by atoms with van der Waals surface area (Å²) >= 11 is 0. The van der Waals surface area contributed by atoms with Gasteiger partial charge in [-0.3, -0.25) is 4.79 Å².